The Bertz CT molecular complexity index is 2490. The van der Waals surface area contributed by atoms with Crippen molar-refractivity contribution in [3.8, 4) is 23.0 Å². The summed E-state index contributed by atoms with van der Waals surface area (Å²) in [6.45, 7) is 8.58. The first kappa shape index (κ1) is 49.0. The second kappa shape index (κ2) is 24.7. The van der Waals surface area contributed by atoms with E-state index in [9.17, 15) is 14.4 Å². The molecule has 0 radical (unpaired) electrons. The van der Waals surface area contributed by atoms with E-state index in [1.165, 1.54) is 12.7 Å². The number of aldehydes is 2. The summed E-state index contributed by atoms with van der Waals surface area (Å²) >= 11 is 0. The standard InChI is InChI=1S/C53H61N5O10/c1-54-47-32-52(50(64-4)30-44(47)53(61)58-17-15-39-11-6-8-14-48(39)58)68-36-38-25-37(26-43(27-38)57(16-9-10-19-59)18-20-65-23-24-66-22-21-62-2)35-67-51-31-46(41(34-60)29-49(51)63-3)55-33-42-28-40-12-5-7-13-45(40)56-42/h5-8,11-14,19,25-27,29-32,34,42,55-56H,1,9-10,15-18,20-24,28,33,35-36H2,2-4H3/t42-/m0/s1. The highest BCUT2D eigenvalue weighted by molar-refractivity contribution is 6.10. The maximum atomic E-state index is 14.0. The van der Waals surface area contributed by atoms with Crippen LogP contribution in [0.5, 0.6) is 23.0 Å². The molecule has 15 nitrogen and oxygen atoms in total. The number of methoxy groups -OCH3 is 3. The van der Waals surface area contributed by atoms with E-state index >= 15 is 0 Å². The summed E-state index contributed by atoms with van der Waals surface area (Å²) < 4.78 is 41.1. The van der Waals surface area contributed by atoms with Crippen LogP contribution in [-0.2, 0) is 45.1 Å². The van der Waals surface area contributed by atoms with Gasteiger partial charge in [-0.1, -0.05) is 36.4 Å². The van der Waals surface area contributed by atoms with Gasteiger partial charge >= 0.3 is 0 Å². The van der Waals surface area contributed by atoms with Gasteiger partial charge < -0.3 is 58.4 Å². The lowest BCUT2D eigenvalue weighted by atomic mass is 10.1. The maximum absolute atomic E-state index is 14.0. The Labute approximate surface area is 398 Å². The number of amides is 1. The third-order valence-electron chi connectivity index (χ3n) is 11.9. The van der Waals surface area contributed by atoms with Crippen molar-refractivity contribution in [1.82, 2.24) is 0 Å². The van der Waals surface area contributed by atoms with Crippen LogP contribution in [0.25, 0.3) is 0 Å². The highest BCUT2D eigenvalue weighted by atomic mass is 16.5. The van der Waals surface area contributed by atoms with Gasteiger partial charge in [0.2, 0.25) is 0 Å². The van der Waals surface area contributed by atoms with E-state index in [-0.39, 0.29) is 25.2 Å². The number of carbonyl (C=O) groups excluding carboxylic acids is 3. The molecule has 7 rings (SSSR count). The van der Waals surface area contributed by atoms with Crippen LogP contribution in [0.2, 0.25) is 0 Å². The fourth-order valence-corrected chi connectivity index (χ4v) is 8.44. The predicted molar refractivity (Wildman–Crippen MR) is 265 cm³/mol. The van der Waals surface area contributed by atoms with E-state index < -0.39 is 0 Å². The third-order valence-corrected chi connectivity index (χ3v) is 11.9. The van der Waals surface area contributed by atoms with Crippen LogP contribution in [0.3, 0.4) is 0 Å². The van der Waals surface area contributed by atoms with E-state index in [4.69, 9.17) is 33.2 Å². The number of anilines is 4. The molecule has 0 aliphatic carbocycles. The fourth-order valence-electron chi connectivity index (χ4n) is 8.44. The summed E-state index contributed by atoms with van der Waals surface area (Å²) in [5.74, 6) is 1.43. The molecule has 1 amide bonds. The third kappa shape index (κ3) is 12.5. The minimum atomic E-state index is -0.200. The Morgan fingerprint density at radius 1 is 0.809 bits per heavy atom. The summed E-state index contributed by atoms with van der Waals surface area (Å²) in [6.07, 6.45) is 4.40. The molecule has 0 saturated heterocycles. The van der Waals surface area contributed by atoms with Gasteiger partial charge in [0.15, 0.2) is 29.3 Å². The number of fused-ring (bicyclic) bond motifs is 2. The van der Waals surface area contributed by atoms with Gasteiger partial charge in [0.1, 0.15) is 19.5 Å². The minimum Gasteiger partial charge on any atom is -0.493 e. The fraction of sp³-hybridized carbons (Fsp3) is 0.358. The van der Waals surface area contributed by atoms with Gasteiger partial charge in [-0.2, -0.15) is 0 Å². The average molecular weight is 928 g/mol. The van der Waals surface area contributed by atoms with Gasteiger partial charge in [-0.3, -0.25) is 14.6 Å². The largest absolute Gasteiger partial charge is 0.493 e. The SMILES string of the molecule is C=Nc1cc(OCc2cc(COc3cc(NC[C@@H]4Cc5ccccc5N4)c(C=O)cc3OC)cc(N(CCCC=O)CCOCCOCCOC)c2)c(OC)cc1C(=O)N1CCc2ccccc21. The second-order valence-corrected chi connectivity index (χ2v) is 16.4. The lowest BCUT2D eigenvalue weighted by molar-refractivity contribution is -0.107. The highest BCUT2D eigenvalue weighted by Gasteiger charge is 2.28. The van der Waals surface area contributed by atoms with Crippen LogP contribution in [0.4, 0.5) is 28.4 Å². The van der Waals surface area contributed by atoms with E-state index in [1.807, 2.05) is 54.6 Å². The van der Waals surface area contributed by atoms with Crippen LogP contribution >= 0.6 is 0 Å². The van der Waals surface area contributed by atoms with Crippen molar-refractivity contribution < 1.29 is 47.5 Å². The van der Waals surface area contributed by atoms with Crippen LogP contribution in [0.1, 0.15) is 55.8 Å². The van der Waals surface area contributed by atoms with Gasteiger partial charge in [-0.25, -0.2) is 0 Å². The molecule has 0 bridgehead atoms. The monoisotopic (exact) mass is 927 g/mol. The number of benzene rings is 5. The van der Waals surface area contributed by atoms with Crippen molar-refractivity contribution in [2.45, 2.75) is 44.9 Å². The number of aliphatic imine (C=N–C) groups is 1. The summed E-state index contributed by atoms with van der Waals surface area (Å²) in [7, 11) is 4.71. The summed E-state index contributed by atoms with van der Waals surface area (Å²) in [6, 6.07) is 29.2. The molecular weight excluding hydrogens is 867 g/mol. The lowest BCUT2D eigenvalue weighted by Gasteiger charge is -2.26. The Morgan fingerprint density at radius 2 is 1.50 bits per heavy atom. The number of carbonyl (C=O) groups is 3. The smallest absolute Gasteiger partial charge is 0.260 e. The van der Waals surface area contributed by atoms with Crippen LogP contribution in [0, 0.1) is 0 Å². The first-order valence-electron chi connectivity index (χ1n) is 22.9. The van der Waals surface area contributed by atoms with Gasteiger partial charge in [-0.05, 0) is 90.7 Å². The Hall–Kier alpha value is -6.94. The molecule has 15 heteroatoms. The molecular formula is C53H61N5O10. The Kier molecular flexibility index (Phi) is 17.8. The molecule has 68 heavy (non-hydrogen) atoms. The zero-order valence-electron chi connectivity index (χ0n) is 39.1. The molecule has 0 saturated carbocycles. The van der Waals surface area contributed by atoms with Crippen molar-refractivity contribution in [2.24, 2.45) is 4.99 Å². The zero-order chi connectivity index (χ0) is 47.7. The van der Waals surface area contributed by atoms with Gasteiger partial charge in [-0.15, -0.1) is 0 Å². The second-order valence-electron chi connectivity index (χ2n) is 16.4. The first-order valence-corrected chi connectivity index (χ1v) is 22.9. The molecule has 358 valence electrons. The quantitative estimate of drug-likeness (QED) is 0.0282. The number of nitrogens with zero attached hydrogens (tertiary/aromatic N) is 3. The van der Waals surface area contributed by atoms with Crippen molar-refractivity contribution in [3.05, 3.63) is 124 Å². The highest BCUT2D eigenvalue weighted by Crippen LogP contribution is 2.39. The van der Waals surface area contributed by atoms with Crippen LogP contribution in [0.15, 0.2) is 96.0 Å². The van der Waals surface area contributed by atoms with Crippen molar-refractivity contribution in [3.63, 3.8) is 0 Å². The van der Waals surface area contributed by atoms with E-state index in [0.29, 0.717) is 118 Å². The van der Waals surface area contributed by atoms with Gasteiger partial charge in [0.25, 0.3) is 5.91 Å². The maximum Gasteiger partial charge on any atom is 0.260 e. The molecule has 0 aromatic heterocycles. The Balaban J connectivity index is 1.13. The van der Waals surface area contributed by atoms with E-state index in [1.54, 1.807) is 43.4 Å². The molecule has 0 fully saturated rings. The lowest BCUT2D eigenvalue weighted by Crippen LogP contribution is -2.29. The zero-order valence-corrected chi connectivity index (χ0v) is 39.1. The molecule has 5 aromatic rings. The van der Waals surface area contributed by atoms with Crippen LogP contribution < -0.4 is 39.4 Å². The first-order chi connectivity index (χ1) is 33.4. The number of nitrogens with one attached hydrogen (secondary N) is 2. The summed E-state index contributed by atoms with van der Waals surface area (Å²) in [5, 5.41) is 7.02. The van der Waals surface area contributed by atoms with Crippen LogP contribution in [-0.4, -0.2) is 112 Å². The van der Waals surface area contributed by atoms with Gasteiger partial charge in [0, 0.05) is 86.2 Å². The number of para-hydroxylation sites is 2. The predicted octanol–water partition coefficient (Wildman–Crippen LogP) is 8.12. The molecule has 5 aromatic carbocycles. The minimum absolute atomic E-state index is 0.114. The Morgan fingerprint density at radius 3 is 2.21 bits per heavy atom. The number of rotatable bonds is 28. The topological polar surface area (TPSA) is 159 Å². The number of unbranched alkanes of at least 4 members (excludes halogenated alkanes) is 1. The molecule has 2 heterocycles. The molecule has 2 N–H and O–H groups in total. The molecule has 0 unspecified atom stereocenters. The van der Waals surface area contributed by atoms with E-state index in [0.717, 1.165) is 59.2 Å². The van der Waals surface area contributed by atoms with Crippen molar-refractivity contribution in [2.75, 3.05) is 101 Å². The molecule has 1 atom stereocenters. The number of hydrogen-bond donors (Lipinski definition) is 2. The molecule has 0 spiro atoms. The number of hydrogen-bond acceptors (Lipinski definition) is 14. The molecule has 2 aliphatic rings. The van der Waals surface area contributed by atoms with E-state index in [2.05, 4.69) is 39.4 Å². The summed E-state index contributed by atoms with van der Waals surface area (Å²) in [5.41, 5.74) is 8.67. The average Bonchev–Trinajstić information content (AvgIpc) is 4.01. The van der Waals surface area contributed by atoms with Gasteiger partial charge in [0.05, 0.1) is 58.5 Å². The molecule has 2 aliphatic heterocycles. The number of ether oxygens (including phenoxy) is 7. The van der Waals surface area contributed by atoms with Crippen molar-refractivity contribution >= 4 is 53.6 Å². The summed E-state index contributed by atoms with van der Waals surface area (Å²) in [4.78, 5) is 45.9. The normalized spacial score (nSPS) is 13.5. The van der Waals surface area contributed by atoms with Crippen molar-refractivity contribution in [1.29, 1.82) is 0 Å².